The van der Waals surface area contributed by atoms with Crippen LogP contribution in [0.2, 0.25) is 0 Å². The van der Waals surface area contributed by atoms with Gasteiger partial charge in [-0.15, -0.1) is 0 Å². The maximum absolute atomic E-state index is 15.0. The topological polar surface area (TPSA) is 121 Å². The molecule has 1 saturated heterocycles. The first-order chi connectivity index (χ1) is 15.7. The number of nitrogens with one attached hydrogen (secondary N) is 1. The van der Waals surface area contributed by atoms with E-state index in [1.807, 2.05) is 6.92 Å². The fourth-order valence-electron chi connectivity index (χ4n) is 4.07. The van der Waals surface area contributed by atoms with Crippen LogP contribution < -0.4 is 15.8 Å². The van der Waals surface area contributed by atoms with E-state index in [4.69, 9.17) is 19.9 Å². The number of fused-ring (bicyclic) bond motifs is 1. The molecule has 174 valence electrons. The second kappa shape index (κ2) is 7.62. The van der Waals surface area contributed by atoms with Gasteiger partial charge in [-0.25, -0.2) is 23.7 Å². The van der Waals surface area contributed by atoms with Gasteiger partial charge in [0.25, 0.3) is 11.9 Å². The van der Waals surface area contributed by atoms with Crippen molar-refractivity contribution in [3.63, 3.8) is 0 Å². The summed E-state index contributed by atoms with van der Waals surface area (Å²) in [6.07, 6.45) is 3.43. The molecule has 11 heteroatoms. The smallest absolute Gasteiger partial charge is 0.282 e. The number of amidine groups is 1. The summed E-state index contributed by atoms with van der Waals surface area (Å²) in [7, 11) is 0. The normalized spacial score (nSPS) is 27.2. The Morgan fingerprint density at radius 3 is 2.79 bits per heavy atom. The zero-order chi connectivity index (χ0) is 23.3. The molecule has 2 fully saturated rings. The second-order valence-electron chi connectivity index (χ2n) is 8.98. The van der Waals surface area contributed by atoms with Crippen LogP contribution in [0.25, 0.3) is 0 Å². The molecule has 2 aromatic rings. The van der Waals surface area contributed by atoms with Crippen molar-refractivity contribution in [2.24, 2.45) is 16.1 Å². The van der Waals surface area contributed by atoms with Gasteiger partial charge in [0, 0.05) is 11.3 Å². The first kappa shape index (κ1) is 21.5. The fraction of sp³-hybridized carbons (Fsp3) is 0.455. The lowest BCUT2D eigenvalue weighted by molar-refractivity contribution is 0.0665. The number of rotatable bonds is 6. The summed E-state index contributed by atoms with van der Waals surface area (Å²) >= 11 is 0. The Labute approximate surface area is 188 Å². The number of anilines is 1. The molecular formula is C22H23F2N5O4. The Balaban J connectivity index is 1.35. The van der Waals surface area contributed by atoms with E-state index in [2.05, 4.69) is 20.3 Å². The van der Waals surface area contributed by atoms with Crippen molar-refractivity contribution in [1.29, 1.82) is 0 Å². The number of amides is 1. The Morgan fingerprint density at radius 1 is 1.24 bits per heavy atom. The van der Waals surface area contributed by atoms with Gasteiger partial charge in [-0.2, -0.15) is 0 Å². The quantitative estimate of drug-likeness (QED) is 0.680. The number of halogens is 2. The number of nitrogens with two attached hydrogens (primary N) is 1. The van der Waals surface area contributed by atoms with Gasteiger partial charge >= 0.3 is 0 Å². The monoisotopic (exact) mass is 459 g/mol. The number of alkyl halides is 1. The molecule has 0 spiro atoms. The third-order valence-electron chi connectivity index (χ3n) is 6.37. The van der Waals surface area contributed by atoms with Crippen molar-refractivity contribution in [2.75, 3.05) is 31.7 Å². The highest BCUT2D eigenvalue weighted by molar-refractivity contribution is 6.02. The molecule has 1 aromatic carbocycles. The number of carbonyl (C=O) groups excluding carboxylic acids is 1. The Hall–Kier alpha value is -3.34. The minimum absolute atomic E-state index is 0.0233. The number of hydrogen-bond acceptors (Lipinski definition) is 8. The Kier molecular flexibility index (Phi) is 4.96. The second-order valence-corrected chi connectivity index (χ2v) is 8.98. The number of aliphatic imine (C=N–C) groups is 1. The average molecular weight is 459 g/mol. The first-order valence-electron chi connectivity index (χ1n) is 10.5. The summed E-state index contributed by atoms with van der Waals surface area (Å²) in [6, 6.07) is 4.18. The molecule has 9 nitrogen and oxygen atoms in total. The third-order valence-corrected chi connectivity index (χ3v) is 6.37. The Morgan fingerprint density at radius 2 is 2.06 bits per heavy atom. The van der Waals surface area contributed by atoms with Gasteiger partial charge in [-0.3, -0.25) is 4.79 Å². The largest absolute Gasteiger partial charge is 0.473 e. The van der Waals surface area contributed by atoms with Crippen LogP contribution >= 0.6 is 0 Å². The summed E-state index contributed by atoms with van der Waals surface area (Å²) < 4.78 is 44.9. The molecule has 1 aromatic heterocycles. The zero-order valence-electron chi connectivity index (χ0n) is 17.9. The maximum atomic E-state index is 15.0. The highest BCUT2D eigenvalue weighted by atomic mass is 19.1. The summed E-state index contributed by atoms with van der Waals surface area (Å²) in [5.74, 6) is -0.909. The van der Waals surface area contributed by atoms with Crippen molar-refractivity contribution in [3.8, 4) is 5.88 Å². The van der Waals surface area contributed by atoms with Gasteiger partial charge in [-0.1, -0.05) is 6.92 Å². The molecule has 3 N–H and O–H groups in total. The molecule has 1 aliphatic carbocycles. The van der Waals surface area contributed by atoms with Gasteiger partial charge < -0.3 is 25.3 Å². The van der Waals surface area contributed by atoms with Gasteiger partial charge in [0.15, 0.2) is 0 Å². The van der Waals surface area contributed by atoms with Gasteiger partial charge in [-0.05, 0) is 31.0 Å². The molecule has 3 aliphatic rings. The molecule has 33 heavy (non-hydrogen) atoms. The predicted molar refractivity (Wildman–Crippen MR) is 113 cm³/mol. The molecule has 1 saturated carbocycles. The molecule has 1 amide bonds. The van der Waals surface area contributed by atoms with Crippen LogP contribution in [0.5, 0.6) is 5.88 Å². The highest BCUT2D eigenvalue weighted by Gasteiger charge is 2.58. The summed E-state index contributed by atoms with van der Waals surface area (Å²) in [5, 5.41) is 2.69. The van der Waals surface area contributed by atoms with E-state index < -0.39 is 28.3 Å². The molecule has 3 heterocycles. The van der Waals surface area contributed by atoms with Crippen LogP contribution in [0, 0.1) is 11.2 Å². The SMILES string of the molecule is C[C@@]12COC[C@]1(c1cc(NC(=O)c3cnc(OCC4(F)CC4)cn3)ccc1F)N=C(N)OC2. The molecular weight excluding hydrogens is 436 g/mol. The summed E-state index contributed by atoms with van der Waals surface area (Å²) in [5.41, 5.74) is 3.45. The number of hydrogen-bond donors (Lipinski definition) is 2. The van der Waals surface area contributed by atoms with E-state index in [-0.39, 0.29) is 43.0 Å². The van der Waals surface area contributed by atoms with Gasteiger partial charge in [0.2, 0.25) is 5.88 Å². The van der Waals surface area contributed by atoms with Crippen molar-refractivity contribution < 1.29 is 27.8 Å². The van der Waals surface area contributed by atoms with Crippen LogP contribution in [0.4, 0.5) is 14.5 Å². The lowest BCUT2D eigenvalue weighted by atomic mass is 9.69. The fourth-order valence-corrected chi connectivity index (χ4v) is 4.07. The van der Waals surface area contributed by atoms with Gasteiger partial charge in [0.1, 0.15) is 35.9 Å². The van der Waals surface area contributed by atoms with Crippen molar-refractivity contribution in [3.05, 3.63) is 47.7 Å². The highest BCUT2D eigenvalue weighted by Crippen LogP contribution is 2.51. The first-order valence-corrected chi connectivity index (χ1v) is 10.5. The van der Waals surface area contributed by atoms with Crippen molar-refractivity contribution in [2.45, 2.75) is 31.0 Å². The average Bonchev–Trinajstić information content (AvgIpc) is 3.44. The minimum atomic E-state index is -1.28. The van der Waals surface area contributed by atoms with E-state index in [9.17, 15) is 13.6 Å². The van der Waals surface area contributed by atoms with E-state index >= 15 is 0 Å². The molecule has 0 radical (unpaired) electrons. The van der Waals surface area contributed by atoms with E-state index in [1.54, 1.807) is 0 Å². The van der Waals surface area contributed by atoms with Crippen LogP contribution in [0.3, 0.4) is 0 Å². The summed E-state index contributed by atoms with van der Waals surface area (Å²) in [6.45, 7) is 2.50. The number of nitrogens with zero attached hydrogens (tertiary/aromatic N) is 3. The zero-order valence-corrected chi connectivity index (χ0v) is 17.9. The number of carbonyl (C=O) groups is 1. The van der Waals surface area contributed by atoms with Crippen LogP contribution in [0.15, 0.2) is 35.6 Å². The number of ether oxygens (including phenoxy) is 3. The minimum Gasteiger partial charge on any atom is -0.473 e. The van der Waals surface area contributed by atoms with Gasteiger partial charge in [0.05, 0.1) is 31.0 Å². The molecule has 2 atom stereocenters. The molecule has 0 bridgehead atoms. The molecule has 0 unspecified atom stereocenters. The molecule has 5 rings (SSSR count). The van der Waals surface area contributed by atoms with E-state index in [0.717, 1.165) is 0 Å². The summed E-state index contributed by atoms with van der Waals surface area (Å²) in [4.78, 5) is 25.1. The Bertz CT molecular complexity index is 1120. The predicted octanol–water partition coefficient (Wildman–Crippen LogP) is 2.33. The van der Waals surface area contributed by atoms with Crippen molar-refractivity contribution in [1.82, 2.24) is 9.97 Å². The number of aromatic nitrogens is 2. The van der Waals surface area contributed by atoms with Crippen molar-refractivity contribution >= 4 is 17.6 Å². The van der Waals surface area contributed by atoms with Crippen LogP contribution in [-0.2, 0) is 15.0 Å². The molecule has 2 aliphatic heterocycles. The number of benzene rings is 1. The maximum Gasteiger partial charge on any atom is 0.282 e. The van der Waals surface area contributed by atoms with E-state index in [1.165, 1.54) is 30.6 Å². The van der Waals surface area contributed by atoms with Crippen LogP contribution in [0.1, 0.15) is 35.8 Å². The standard InChI is InChI=1S/C22H23F2N5O4/c1-20-9-31-12-22(20,29-19(25)33-10-20)14-6-13(2-3-15(14)23)28-18(30)16-7-27-17(8-26-16)32-11-21(24)4-5-21/h2-3,6-8H,4-5,9-12H2,1H3,(H2,25,29)(H,28,30)/t20-,22+/m0/s1. The third kappa shape index (κ3) is 3.86. The van der Waals surface area contributed by atoms with Crippen LogP contribution in [-0.4, -0.2) is 54.0 Å². The van der Waals surface area contributed by atoms with E-state index in [0.29, 0.717) is 25.1 Å². The lowest BCUT2D eigenvalue weighted by Gasteiger charge is -2.42. The lowest BCUT2D eigenvalue weighted by Crippen LogP contribution is -2.50.